The van der Waals surface area contributed by atoms with Crippen molar-refractivity contribution in [3.8, 4) is 5.75 Å². The van der Waals surface area contributed by atoms with Crippen LogP contribution in [0, 0.1) is 5.92 Å². The number of amides is 1. The van der Waals surface area contributed by atoms with Crippen molar-refractivity contribution in [2.45, 2.75) is 31.6 Å². The fourth-order valence-corrected chi connectivity index (χ4v) is 4.98. The largest absolute Gasteiger partial charge is 0.494 e. The van der Waals surface area contributed by atoms with Gasteiger partial charge in [0.15, 0.2) is 5.78 Å². The maximum atomic E-state index is 13.0. The summed E-state index contributed by atoms with van der Waals surface area (Å²) in [6.07, 6.45) is 1.20. The SMILES string of the molecule is CCOc1ccc(S(=O)(=O)N2CCC[C@@H](C(=O)Nc3cccc(C(C)=O)c3)C2)cc1. The van der Waals surface area contributed by atoms with Gasteiger partial charge in [-0.2, -0.15) is 4.31 Å². The smallest absolute Gasteiger partial charge is 0.243 e. The molecule has 0 aliphatic carbocycles. The van der Waals surface area contributed by atoms with Gasteiger partial charge in [0, 0.05) is 24.3 Å². The van der Waals surface area contributed by atoms with Crippen molar-refractivity contribution in [3.05, 3.63) is 54.1 Å². The van der Waals surface area contributed by atoms with E-state index in [1.807, 2.05) is 6.92 Å². The van der Waals surface area contributed by atoms with Gasteiger partial charge < -0.3 is 10.1 Å². The number of sulfonamides is 1. The summed E-state index contributed by atoms with van der Waals surface area (Å²) in [7, 11) is -3.70. The summed E-state index contributed by atoms with van der Waals surface area (Å²) in [5, 5.41) is 2.81. The van der Waals surface area contributed by atoms with E-state index in [1.54, 1.807) is 36.4 Å². The minimum atomic E-state index is -3.70. The molecule has 160 valence electrons. The van der Waals surface area contributed by atoms with Crippen LogP contribution in [0.3, 0.4) is 0 Å². The maximum absolute atomic E-state index is 13.0. The number of ether oxygens (including phenoxy) is 1. The second-order valence-corrected chi connectivity index (χ2v) is 9.17. The van der Waals surface area contributed by atoms with E-state index < -0.39 is 15.9 Å². The molecule has 2 aromatic rings. The third-order valence-electron chi connectivity index (χ3n) is 5.06. The van der Waals surface area contributed by atoms with Gasteiger partial charge in [-0.05, 0) is 63.1 Å². The van der Waals surface area contributed by atoms with Gasteiger partial charge in [0.05, 0.1) is 17.4 Å². The van der Waals surface area contributed by atoms with Crippen molar-refractivity contribution >= 4 is 27.4 Å². The lowest BCUT2D eigenvalue weighted by atomic mass is 9.98. The molecule has 1 aliphatic rings. The van der Waals surface area contributed by atoms with Crippen molar-refractivity contribution in [1.29, 1.82) is 0 Å². The lowest BCUT2D eigenvalue weighted by Crippen LogP contribution is -2.43. The summed E-state index contributed by atoms with van der Waals surface area (Å²) in [5.74, 6) is -0.184. The van der Waals surface area contributed by atoms with Crippen molar-refractivity contribution in [2.75, 3.05) is 25.0 Å². The number of carbonyl (C=O) groups excluding carboxylic acids is 2. The van der Waals surface area contributed by atoms with Crippen LogP contribution >= 0.6 is 0 Å². The fourth-order valence-electron chi connectivity index (χ4n) is 3.46. The lowest BCUT2D eigenvalue weighted by Gasteiger charge is -2.31. The summed E-state index contributed by atoms with van der Waals surface area (Å²) >= 11 is 0. The van der Waals surface area contributed by atoms with Crippen LogP contribution in [0.5, 0.6) is 5.75 Å². The van der Waals surface area contributed by atoms with E-state index in [4.69, 9.17) is 4.74 Å². The van der Waals surface area contributed by atoms with E-state index in [2.05, 4.69) is 5.32 Å². The number of ketones is 1. The number of nitrogens with one attached hydrogen (secondary N) is 1. The zero-order valence-electron chi connectivity index (χ0n) is 17.1. The third kappa shape index (κ3) is 5.06. The van der Waals surface area contributed by atoms with Gasteiger partial charge in [0.1, 0.15) is 5.75 Å². The zero-order chi connectivity index (χ0) is 21.7. The second kappa shape index (κ2) is 9.40. The number of hydrogen-bond acceptors (Lipinski definition) is 5. The van der Waals surface area contributed by atoms with Crippen LogP contribution < -0.4 is 10.1 Å². The van der Waals surface area contributed by atoms with Gasteiger partial charge in [0.2, 0.25) is 15.9 Å². The predicted molar refractivity (Wildman–Crippen MR) is 114 cm³/mol. The number of hydrogen-bond donors (Lipinski definition) is 1. The van der Waals surface area contributed by atoms with E-state index in [0.717, 1.165) is 0 Å². The summed E-state index contributed by atoms with van der Waals surface area (Å²) in [6, 6.07) is 13.0. The zero-order valence-corrected chi connectivity index (χ0v) is 17.9. The highest BCUT2D eigenvalue weighted by Gasteiger charge is 2.33. The number of benzene rings is 2. The number of rotatable bonds is 7. The lowest BCUT2D eigenvalue weighted by molar-refractivity contribution is -0.120. The Morgan fingerprint density at radius 3 is 2.57 bits per heavy atom. The molecule has 1 heterocycles. The summed E-state index contributed by atoms with van der Waals surface area (Å²) in [5.41, 5.74) is 1.04. The van der Waals surface area contributed by atoms with Crippen molar-refractivity contribution in [1.82, 2.24) is 4.31 Å². The third-order valence-corrected chi connectivity index (χ3v) is 6.94. The van der Waals surface area contributed by atoms with Crippen LogP contribution in [0.2, 0.25) is 0 Å². The first-order chi connectivity index (χ1) is 14.3. The first-order valence-electron chi connectivity index (χ1n) is 9.96. The monoisotopic (exact) mass is 430 g/mol. The van der Waals surface area contributed by atoms with Crippen molar-refractivity contribution in [3.63, 3.8) is 0 Å². The molecule has 0 bridgehead atoms. The van der Waals surface area contributed by atoms with E-state index in [9.17, 15) is 18.0 Å². The Morgan fingerprint density at radius 1 is 1.17 bits per heavy atom. The first-order valence-corrected chi connectivity index (χ1v) is 11.4. The Bertz CT molecular complexity index is 1020. The van der Waals surface area contributed by atoms with Gasteiger partial charge in [-0.3, -0.25) is 9.59 Å². The molecule has 3 rings (SSSR count). The summed E-state index contributed by atoms with van der Waals surface area (Å²) in [4.78, 5) is 24.5. The summed E-state index contributed by atoms with van der Waals surface area (Å²) in [6.45, 7) is 4.32. The molecule has 0 unspecified atom stereocenters. The Balaban J connectivity index is 1.70. The molecule has 1 aliphatic heterocycles. The molecule has 8 heteroatoms. The fraction of sp³-hybridized carbons (Fsp3) is 0.364. The van der Waals surface area contributed by atoms with Crippen LogP contribution in [0.4, 0.5) is 5.69 Å². The molecule has 1 N–H and O–H groups in total. The summed E-state index contributed by atoms with van der Waals surface area (Å²) < 4.78 is 32.8. The molecule has 0 radical (unpaired) electrons. The van der Waals surface area contributed by atoms with Crippen LogP contribution in [0.25, 0.3) is 0 Å². The number of piperidine rings is 1. The molecule has 1 amide bonds. The Kier molecular flexibility index (Phi) is 6.89. The second-order valence-electron chi connectivity index (χ2n) is 7.23. The molecule has 0 saturated carbocycles. The molecule has 7 nitrogen and oxygen atoms in total. The first kappa shape index (κ1) is 22.0. The quantitative estimate of drug-likeness (QED) is 0.680. The van der Waals surface area contributed by atoms with E-state index in [0.29, 0.717) is 43.0 Å². The molecular weight excluding hydrogens is 404 g/mol. The van der Waals surface area contributed by atoms with Crippen LogP contribution in [-0.4, -0.2) is 44.1 Å². The van der Waals surface area contributed by atoms with E-state index in [-0.39, 0.29) is 23.1 Å². The Morgan fingerprint density at radius 2 is 1.90 bits per heavy atom. The van der Waals surface area contributed by atoms with E-state index >= 15 is 0 Å². The van der Waals surface area contributed by atoms with Gasteiger partial charge >= 0.3 is 0 Å². The normalized spacial score (nSPS) is 17.3. The number of carbonyl (C=O) groups is 2. The topological polar surface area (TPSA) is 92.8 Å². The van der Waals surface area contributed by atoms with Crippen LogP contribution in [-0.2, 0) is 14.8 Å². The highest BCUT2D eigenvalue weighted by atomic mass is 32.2. The molecule has 2 aromatic carbocycles. The minimum absolute atomic E-state index is 0.0867. The van der Waals surface area contributed by atoms with Crippen LogP contribution in [0.15, 0.2) is 53.4 Å². The van der Waals surface area contributed by atoms with Gasteiger partial charge in [-0.25, -0.2) is 8.42 Å². The minimum Gasteiger partial charge on any atom is -0.494 e. The molecule has 1 atom stereocenters. The molecule has 1 saturated heterocycles. The highest BCUT2D eigenvalue weighted by Crippen LogP contribution is 2.26. The van der Waals surface area contributed by atoms with Gasteiger partial charge in [0.25, 0.3) is 0 Å². The number of nitrogens with zero attached hydrogens (tertiary/aromatic N) is 1. The van der Waals surface area contributed by atoms with Crippen molar-refractivity contribution < 1.29 is 22.7 Å². The molecule has 1 fully saturated rings. The molecule has 0 spiro atoms. The van der Waals surface area contributed by atoms with E-state index in [1.165, 1.54) is 23.4 Å². The van der Waals surface area contributed by atoms with Crippen molar-refractivity contribution in [2.24, 2.45) is 5.92 Å². The molecule has 0 aromatic heterocycles. The van der Waals surface area contributed by atoms with Gasteiger partial charge in [-0.1, -0.05) is 12.1 Å². The Labute approximate surface area is 177 Å². The molecular formula is C22H26N2O5S. The maximum Gasteiger partial charge on any atom is 0.243 e. The van der Waals surface area contributed by atoms with Gasteiger partial charge in [-0.15, -0.1) is 0 Å². The van der Waals surface area contributed by atoms with Crippen LogP contribution in [0.1, 0.15) is 37.0 Å². The predicted octanol–water partition coefficient (Wildman–Crippen LogP) is 3.33. The Hall–Kier alpha value is -2.71. The average molecular weight is 431 g/mol. The molecule has 30 heavy (non-hydrogen) atoms. The number of Topliss-reactive ketones (excluding diaryl/α,β-unsaturated/α-hetero) is 1. The highest BCUT2D eigenvalue weighted by molar-refractivity contribution is 7.89. The number of anilines is 1. The standard InChI is InChI=1S/C22H26N2O5S/c1-3-29-20-9-11-21(12-10-20)30(27,28)24-13-5-7-18(15-24)22(26)23-19-8-4-6-17(14-19)16(2)25/h4,6,8-12,14,18H,3,5,7,13,15H2,1-2H3,(H,23,26)/t18-/m1/s1. The average Bonchev–Trinajstić information content (AvgIpc) is 2.74.